The zero-order valence-corrected chi connectivity index (χ0v) is 23.3. The van der Waals surface area contributed by atoms with Crippen molar-refractivity contribution in [2.24, 2.45) is 5.92 Å². The van der Waals surface area contributed by atoms with E-state index in [1.807, 2.05) is 20.8 Å². The second-order valence-electron chi connectivity index (χ2n) is 10.00. The number of hydrogen-bond acceptors (Lipinski definition) is 6. The van der Waals surface area contributed by atoms with Gasteiger partial charge in [-0.25, -0.2) is 17.2 Å². The van der Waals surface area contributed by atoms with E-state index in [1.54, 1.807) is 25.1 Å². The summed E-state index contributed by atoms with van der Waals surface area (Å²) in [6, 6.07) is 6.92. The molecule has 1 aliphatic rings. The minimum Gasteiger partial charge on any atom is -0.492 e. The van der Waals surface area contributed by atoms with Crippen molar-refractivity contribution in [1.82, 2.24) is 5.32 Å². The van der Waals surface area contributed by atoms with Gasteiger partial charge >= 0.3 is 0 Å². The molecule has 0 spiro atoms. The van der Waals surface area contributed by atoms with Crippen molar-refractivity contribution in [3.05, 3.63) is 58.7 Å². The van der Waals surface area contributed by atoms with Crippen molar-refractivity contribution in [1.29, 1.82) is 0 Å². The highest BCUT2D eigenvalue weighted by Crippen LogP contribution is 2.30. The van der Waals surface area contributed by atoms with Gasteiger partial charge in [0.05, 0.1) is 24.2 Å². The molecular formula is C25H36Cl2F2N2O4S. The van der Waals surface area contributed by atoms with Gasteiger partial charge in [-0.05, 0) is 48.1 Å². The van der Waals surface area contributed by atoms with Gasteiger partial charge < -0.3 is 20.9 Å². The summed E-state index contributed by atoms with van der Waals surface area (Å²) in [5, 5.41) is 14.0. The number of halogens is 4. The molecule has 1 fully saturated rings. The van der Waals surface area contributed by atoms with E-state index in [9.17, 15) is 22.3 Å². The molecule has 0 amide bonds. The van der Waals surface area contributed by atoms with E-state index in [1.165, 1.54) is 12.1 Å². The predicted molar refractivity (Wildman–Crippen MR) is 144 cm³/mol. The Morgan fingerprint density at radius 2 is 1.78 bits per heavy atom. The van der Waals surface area contributed by atoms with Crippen LogP contribution < -0.4 is 15.8 Å². The van der Waals surface area contributed by atoms with Crippen LogP contribution in [-0.2, 0) is 28.2 Å². The molecule has 0 bridgehead atoms. The number of aliphatic hydroxyl groups is 1. The minimum absolute atomic E-state index is 0. The number of nitrogens with one attached hydrogen (secondary N) is 1. The van der Waals surface area contributed by atoms with E-state index in [-0.39, 0.29) is 66.1 Å². The molecule has 0 radical (unpaired) electrons. The average molecular weight is 570 g/mol. The van der Waals surface area contributed by atoms with E-state index in [0.717, 1.165) is 5.56 Å². The predicted octanol–water partition coefficient (Wildman–Crippen LogP) is 4.19. The number of aliphatic hydroxyl groups excluding tert-OH is 1. The second kappa shape index (κ2) is 12.7. The Hall–Kier alpha value is -1.65. The van der Waals surface area contributed by atoms with Gasteiger partial charge in [0.1, 0.15) is 23.1 Å². The van der Waals surface area contributed by atoms with Crippen LogP contribution in [0.3, 0.4) is 0 Å². The summed E-state index contributed by atoms with van der Waals surface area (Å²) in [6.45, 7) is 8.19. The SMILES string of the molecule is CCOc1cc(C[C@@H]2CS(=O)(=O)C[C@H](NCc3cc(C(C)(C)C)ccc3F)[C@H]2O)cc(F)c1N.Cl.Cl. The smallest absolute Gasteiger partial charge is 0.152 e. The van der Waals surface area contributed by atoms with Crippen molar-refractivity contribution in [3.8, 4) is 5.75 Å². The summed E-state index contributed by atoms with van der Waals surface area (Å²) >= 11 is 0. The van der Waals surface area contributed by atoms with Gasteiger partial charge in [0.25, 0.3) is 0 Å². The molecular weight excluding hydrogens is 533 g/mol. The number of sulfone groups is 1. The zero-order valence-electron chi connectivity index (χ0n) is 20.9. The van der Waals surface area contributed by atoms with Gasteiger partial charge in [-0.3, -0.25) is 0 Å². The lowest BCUT2D eigenvalue weighted by Crippen LogP contribution is -2.54. The van der Waals surface area contributed by atoms with Gasteiger partial charge in [-0.1, -0.05) is 32.9 Å². The van der Waals surface area contributed by atoms with Crippen LogP contribution in [-0.4, -0.2) is 43.8 Å². The van der Waals surface area contributed by atoms with Crippen LogP contribution in [0.1, 0.15) is 44.4 Å². The highest BCUT2D eigenvalue weighted by atomic mass is 35.5. The summed E-state index contributed by atoms with van der Waals surface area (Å²) in [6.07, 6.45) is -0.891. The number of rotatable bonds is 7. The molecule has 0 saturated carbocycles. The van der Waals surface area contributed by atoms with Crippen molar-refractivity contribution < 1.29 is 27.0 Å². The molecule has 0 aliphatic carbocycles. The fraction of sp³-hybridized carbons (Fsp3) is 0.520. The van der Waals surface area contributed by atoms with Crippen LogP contribution in [0.4, 0.5) is 14.5 Å². The monoisotopic (exact) mass is 568 g/mol. The standard InChI is InChI=1S/C25H34F2N2O4S.2ClH/c1-5-33-22-10-15(9-20(27)23(22)28)8-17-13-34(31,32)14-21(24(17)30)29-12-16-11-18(25(2,3)4)6-7-19(16)26;;/h6-7,9-11,17,21,24,29-30H,5,8,12-14,28H2,1-4H3;2*1H/t17-,21+,24+;;/m1../s1. The van der Waals surface area contributed by atoms with Crippen molar-refractivity contribution >= 4 is 40.3 Å². The van der Waals surface area contributed by atoms with Gasteiger partial charge in [0.15, 0.2) is 9.84 Å². The number of anilines is 1. The summed E-state index contributed by atoms with van der Waals surface area (Å²) in [5.74, 6) is -2.01. The third kappa shape index (κ3) is 7.92. The summed E-state index contributed by atoms with van der Waals surface area (Å²) in [5.41, 5.74) is 7.28. The average Bonchev–Trinajstić information content (AvgIpc) is 2.73. The van der Waals surface area contributed by atoms with Crippen LogP contribution in [0.15, 0.2) is 30.3 Å². The van der Waals surface area contributed by atoms with E-state index in [4.69, 9.17) is 10.5 Å². The molecule has 36 heavy (non-hydrogen) atoms. The van der Waals surface area contributed by atoms with Gasteiger partial charge in [-0.2, -0.15) is 0 Å². The van der Waals surface area contributed by atoms with E-state index < -0.39 is 39.5 Å². The molecule has 2 aromatic carbocycles. The Morgan fingerprint density at radius 1 is 1.11 bits per heavy atom. The minimum atomic E-state index is -3.48. The summed E-state index contributed by atoms with van der Waals surface area (Å²) < 4.78 is 59.3. The first kappa shape index (κ1) is 32.4. The molecule has 1 heterocycles. The molecule has 0 aromatic heterocycles. The molecule has 11 heteroatoms. The fourth-order valence-corrected chi connectivity index (χ4v) is 6.28. The van der Waals surface area contributed by atoms with Crippen molar-refractivity contribution in [2.75, 3.05) is 23.8 Å². The van der Waals surface area contributed by atoms with E-state index in [2.05, 4.69) is 5.32 Å². The highest BCUT2D eigenvalue weighted by molar-refractivity contribution is 7.91. The van der Waals surface area contributed by atoms with Crippen LogP contribution in [0.2, 0.25) is 0 Å². The zero-order chi connectivity index (χ0) is 25.3. The number of nitrogens with two attached hydrogens (primary N) is 1. The van der Waals surface area contributed by atoms with Gasteiger partial charge in [0.2, 0.25) is 0 Å². The lowest BCUT2D eigenvalue weighted by Gasteiger charge is -2.35. The van der Waals surface area contributed by atoms with Crippen LogP contribution >= 0.6 is 24.8 Å². The number of nitrogen functional groups attached to an aromatic ring is 1. The molecule has 0 unspecified atom stereocenters. The topological polar surface area (TPSA) is 102 Å². The first-order valence-corrected chi connectivity index (χ1v) is 13.2. The second-order valence-corrected chi connectivity index (χ2v) is 12.2. The molecule has 6 nitrogen and oxygen atoms in total. The Labute approximate surface area is 224 Å². The lowest BCUT2D eigenvalue weighted by molar-refractivity contribution is 0.0779. The first-order chi connectivity index (χ1) is 15.8. The largest absolute Gasteiger partial charge is 0.492 e. The molecule has 2 aromatic rings. The van der Waals surface area contributed by atoms with Gasteiger partial charge in [0, 0.05) is 24.1 Å². The maximum atomic E-state index is 14.4. The molecule has 3 rings (SSSR count). The normalized spacial score (nSPS) is 21.2. The Bertz CT molecular complexity index is 1140. The quantitative estimate of drug-likeness (QED) is 0.433. The van der Waals surface area contributed by atoms with Crippen molar-refractivity contribution in [2.45, 2.75) is 58.2 Å². The number of benzene rings is 2. The van der Waals surface area contributed by atoms with Crippen LogP contribution in [0, 0.1) is 17.6 Å². The Kier molecular flexibility index (Phi) is 11.5. The van der Waals surface area contributed by atoms with Crippen LogP contribution in [0.25, 0.3) is 0 Å². The maximum Gasteiger partial charge on any atom is 0.152 e. The summed E-state index contributed by atoms with van der Waals surface area (Å²) in [4.78, 5) is 0. The third-order valence-corrected chi connectivity index (χ3v) is 8.02. The van der Waals surface area contributed by atoms with E-state index in [0.29, 0.717) is 17.7 Å². The number of hydrogen-bond donors (Lipinski definition) is 3. The maximum absolute atomic E-state index is 14.4. The molecule has 1 aliphatic heterocycles. The summed E-state index contributed by atoms with van der Waals surface area (Å²) in [7, 11) is -3.48. The molecule has 204 valence electrons. The van der Waals surface area contributed by atoms with E-state index >= 15 is 0 Å². The molecule has 4 N–H and O–H groups in total. The third-order valence-electron chi connectivity index (χ3n) is 6.21. The van der Waals surface area contributed by atoms with Crippen molar-refractivity contribution in [3.63, 3.8) is 0 Å². The van der Waals surface area contributed by atoms with Crippen LogP contribution in [0.5, 0.6) is 5.75 Å². The molecule has 3 atom stereocenters. The highest BCUT2D eigenvalue weighted by Gasteiger charge is 2.39. The number of ether oxygens (including phenoxy) is 1. The Balaban J connectivity index is 0.00000324. The fourth-order valence-electron chi connectivity index (χ4n) is 4.31. The first-order valence-electron chi connectivity index (χ1n) is 11.4. The molecule has 1 saturated heterocycles. The lowest BCUT2D eigenvalue weighted by atomic mass is 9.86. The Morgan fingerprint density at radius 3 is 2.39 bits per heavy atom. The van der Waals surface area contributed by atoms with Gasteiger partial charge in [-0.15, -0.1) is 24.8 Å².